The van der Waals surface area contributed by atoms with Crippen molar-refractivity contribution in [3.8, 4) is 0 Å². The van der Waals surface area contributed by atoms with Crippen LogP contribution >= 0.6 is 0 Å². The SMILES string of the molecule is CCC(C)CC(C)N1C(=O)C(C)NC1c1cccc(F)c1. The molecule has 1 aliphatic heterocycles. The van der Waals surface area contributed by atoms with Gasteiger partial charge in [-0.3, -0.25) is 10.1 Å². The van der Waals surface area contributed by atoms with Crippen molar-refractivity contribution in [3.63, 3.8) is 0 Å². The van der Waals surface area contributed by atoms with Crippen LogP contribution in [0.3, 0.4) is 0 Å². The van der Waals surface area contributed by atoms with Gasteiger partial charge in [0.25, 0.3) is 0 Å². The van der Waals surface area contributed by atoms with Crippen LogP contribution in [0.2, 0.25) is 0 Å². The van der Waals surface area contributed by atoms with E-state index in [1.54, 1.807) is 6.07 Å². The molecule has 0 radical (unpaired) electrons. The number of carbonyl (C=O) groups is 1. The first-order chi connectivity index (χ1) is 9.93. The molecule has 21 heavy (non-hydrogen) atoms. The van der Waals surface area contributed by atoms with Crippen LogP contribution in [0, 0.1) is 11.7 Å². The van der Waals surface area contributed by atoms with E-state index in [0.717, 1.165) is 18.4 Å². The van der Waals surface area contributed by atoms with E-state index in [1.807, 2.05) is 17.9 Å². The molecule has 4 heteroatoms. The van der Waals surface area contributed by atoms with Crippen molar-refractivity contribution in [2.24, 2.45) is 5.92 Å². The van der Waals surface area contributed by atoms with Gasteiger partial charge in [-0.15, -0.1) is 0 Å². The summed E-state index contributed by atoms with van der Waals surface area (Å²) in [7, 11) is 0. The van der Waals surface area contributed by atoms with E-state index in [0.29, 0.717) is 5.92 Å². The van der Waals surface area contributed by atoms with E-state index in [9.17, 15) is 9.18 Å². The van der Waals surface area contributed by atoms with Crippen molar-refractivity contribution < 1.29 is 9.18 Å². The summed E-state index contributed by atoms with van der Waals surface area (Å²) in [4.78, 5) is 14.3. The minimum atomic E-state index is -0.268. The minimum Gasteiger partial charge on any atom is -0.319 e. The van der Waals surface area contributed by atoms with Gasteiger partial charge in [0.2, 0.25) is 5.91 Å². The third-order valence-corrected chi connectivity index (χ3v) is 4.39. The predicted molar refractivity (Wildman–Crippen MR) is 82.1 cm³/mol. The molecule has 2 rings (SSSR count). The highest BCUT2D eigenvalue weighted by Gasteiger charge is 2.39. The highest BCUT2D eigenvalue weighted by atomic mass is 19.1. The van der Waals surface area contributed by atoms with Gasteiger partial charge >= 0.3 is 0 Å². The van der Waals surface area contributed by atoms with Gasteiger partial charge in [-0.05, 0) is 43.9 Å². The molecule has 1 aliphatic rings. The number of amides is 1. The number of carbonyl (C=O) groups excluding carboxylic acids is 1. The van der Waals surface area contributed by atoms with Gasteiger partial charge in [-0.1, -0.05) is 32.4 Å². The second kappa shape index (κ2) is 6.56. The first kappa shape index (κ1) is 16.0. The topological polar surface area (TPSA) is 32.3 Å². The maximum Gasteiger partial charge on any atom is 0.241 e. The van der Waals surface area contributed by atoms with Crippen LogP contribution in [0.4, 0.5) is 4.39 Å². The number of rotatable bonds is 5. The molecule has 3 nitrogen and oxygen atoms in total. The average molecular weight is 292 g/mol. The van der Waals surface area contributed by atoms with E-state index < -0.39 is 0 Å². The van der Waals surface area contributed by atoms with E-state index >= 15 is 0 Å². The third-order valence-electron chi connectivity index (χ3n) is 4.39. The molecule has 116 valence electrons. The van der Waals surface area contributed by atoms with Gasteiger partial charge in [0.15, 0.2) is 0 Å². The first-order valence-electron chi connectivity index (χ1n) is 7.77. The Hall–Kier alpha value is -1.42. The predicted octanol–water partition coefficient (Wildman–Crippen LogP) is 3.47. The molecule has 1 saturated heterocycles. The van der Waals surface area contributed by atoms with E-state index in [4.69, 9.17) is 0 Å². The zero-order valence-corrected chi connectivity index (χ0v) is 13.3. The molecule has 1 amide bonds. The number of hydrogen-bond donors (Lipinski definition) is 1. The van der Waals surface area contributed by atoms with Crippen molar-refractivity contribution in [1.29, 1.82) is 0 Å². The van der Waals surface area contributed by atoms with Crippen LogP contribution in [0.15, 0.2) is 24.3 Å². The Balaban J connectivity index is 2.24. The van der Waals surface area contributed by atoms with Gasteiger partial charge < -0.3 is 4.90 Å². The van der Waals surface area contributed by atoms with Crippen LogP contribution in [-0.2, 0) is 4.79 Å². The zero-order valence-electron chi connectivity index (χ0n) is 13.3. The normalized spacial score (nSPS) is 25.2. The average Bonchev–Trinajstić information content (AvgIpc) is 2.75. The number of benzene rings is 1. The summed E-state index contributed by atoms with van der Waals surface area (Å²) in [5, 5.41) is 3.28. The molecule has 0 saturated carbocycles. The summed E-state index contributed by atoms with van der Waals surface area (Å²) in [6.07, 6.45) is 1.82. The van der Waals surface area contributed by atoms with E-state index in [2.05, 4.69) is 26.1 Å². The maximum atomic E-state index is 13.5. The molecular weight excluding hydrogens is 267 g/mol. The van der Waals surface area contributed by atoms with Gasteiger partial charge in [-0.25, -0.2) is 4.39 Å². The molecule has 0 aromatic heterocycles. The number of hydrogen-bond acceptors (Lipinski definition) is 2. The number of nitrogens with zero attached hydrogens (tertiary/aromatic N) is 1. The van der Waals surface area contributed by atoms with Crippen molar-refractivity contribution in [2.45, 2.75) is 58.8 Å². The Kier molecular flexibility index (Phi) is 4.99. The minimum absolute atomic E-state index is 0.0973. The second-order valence-electron chi connectivity index (χ2n) is 6.19. The first-order valence-corrected chi connectivity index (χ1v) is 7.77. The van der Waals surface area contributed by atoms with Gasteiger partial charge in [-0.2, -0.15) is 0 Å². The largest absolute Gasteiger partial charge is 0.319 e. The Morgan fingerprint density at radius 1 is 1.38 bits per heavy atom. The monoisotopic (exact) mass is 292 g/mol. The fraction of sp³-hybridized carbons (Fsp3) is 0.588. The molecule has 1 fully saturated rings. The molecule has 1 N–H and O–H groups in total. The highest BCUT2D eigenvalue weighted by molar-refractivity contribution is 5.84. The Labute approximate surface area is 126 Å². The van der Waals surface area contributed by atoms with Crippen LogP contribution in [0.5, 0.6) is 0 Å². The molecular formula is C17H25FN2O. The summed E-state index contributed by atoms with van der Waals surface area (Å²) in [5.74, 6) is 0.396. The van der Waals surface area contributed by atoms with Crippen LogP contribution in [-0.4, -0.2) is 22.9 Å². The summed E-state index contributed by atoms with van der Waals surface area (Å²) in [5.41, 5.74) is 0.809. The molecule has 4 atom stereocenters. The quantitative estimate of drug-likeness (QED) is 0.901. The highest BCUT2D eigenvalue weighted by Crippen LogP contribution is 2.30. The maximum absolute atomic E-state index is 13.5. The number of nitrogens with one attached hydrogen (secondary N) is 1. The van der Waals surface area contributed by atoms with Gasteiger partial charge in [0.05, 0.1) is 6.04 Å². The molecule has 1 aromatic rings. The Morgan fingerprint density at radius 2 is 2.10 bits per heavy atom. The fourth-order valence-electron chi connectivity index (χ4n) is 3.01. The summed E-state index contributed by atoms with van der Waals surface area (Å²) >= 11 is 0. The van der Waals surface area contributed by atoms with Crippen LogP contribution in [0.1, 0.15) is 52.3 Å². The molecule has 0 aliphatic carbocycles. The molecule has 1 heterocycles. The Morgan fingerprint density at radius 3 is 2.71 bits per heavy atom. The lowest BCUT2D eigenvalue weighted by atomic mass is 9.98. The second-order valence-corrected chi connectivity index (χ2v) is 6.19. The van der Waals surface area contributed by atoms with E-state index in [-0.39, 0.29) is 30.0 Å². The standard InChI is InChI=1S/C17H25FN2O/c1-5-11(2)9-12(3)20-16(19-13(4)17(20)21)14-7-6-8-15(18)10-14/h6-8,10-13,16,19H,5,9H2,1-4H3. The van der Waals surface area contributed by atoms with Gasteiger partial charge in [0.1, 0.15) is 12.0 Å². The third kappa shape index (κ3) is 3.43. The lowest BCUT2D eigenvalue weighted by molar-refractivity contribution is -0.132. The summed E-state index contributed by atoms with van der Waals surface area (Å²) in [6, 6.07) is 6.41. The lowest BCUT2D eigenvalue weighted by Gasteiger charge is -2.32. The fourth-order valence-corrected chi connectivity index (χ4v) is 3.01. The van der Waals surface area contributed by atoms with Crippen LogP contribution < -0.4 is 5.32 Å². The van der Waals surface area contributed by atoms with Crippen LogP contribution in [0.25, 0.3) is 0 Å². The molecule has 4 unspecified atom stereocenters. The summed E-state index contributed by atoms with van der Waals surface area (Å²) in [6.45, 7) is 8.31. The van der Waals surface area contributed by atoms with Crippen molar-refractivity contribution in [3.05, 3.63) is 35.6 Å². The van der Waals surface area contributed by atoms with Gasteiger partial charge in [0, 0.05) is 6.04 Å². The summed E-state index contributed by atoms with van der Waals surface area (Å²) < 4.78 is 13.5. The van der Waals surface area contributed by atoms with E-state index in [1.165, 1.54) is 12.1 Å². The number of halogens is 1. The molecule has 1 aromatic carbocycles. The molecule has 0 bridgehead atoms. The van der Waals surface area contributed by atoms with Crippen molar-refractivity contribution >= 4 is 5.91 Å². The lowest BCUT2D eigenvalue weighted by Crippen LogP contribution is -2.39. The van der Waals surface area contributed by atoms with Crippen molar-refractivity contribution in [1.82, 2.24) is 10.2 Å². The molecule has 0 spiro atoms. The smallest absolute Gasteiger partial charge is 0.241 e. The zero-order chi connectivity index (χ0) is 15.6. The Bertz CT molecular complexity index is 505. The van der Waals surface area contributed by atoms with Crippen molar-refractivity contribution in [2.75, 3.05) is 0 Å².